The summed E-state index contributed by atoms with van der Waals surface area (Å²) in [7, 11) is -0.727. The van der Waals surface area contributed by atoms with E-state index < -0.39 is 10.0 Å². The number of methoxy groups -OCH3 is 2. The Balaban J connectivity index is 1.97. The van der Waals surface area contributed by atoms with E-state index >= 15 is 0 Å². The monoisotopic (exact) mass is 482 g/mol. The number of benzene rings is 3. The topological polar surface area (TPSA) is 86.2 Å². The second-order valence-electron chi connectivity index (χ2n) is 8.05. The highest BCUT2D eigenvalue weighted by Crippen LogP contribution is 2.24. The Labute approximate surface area is 201 Å². The largest absolute Gasteiger partial charge is 0.497 e. The van der Waals surface area contributed by atoms with Crippen LogP contribution in [0.4, 0.5) is 0 Å². The van der Waals surface area contributed by atoms with Crippen LogP contribution in [0.1, 0.15) is 30.5 Å². The maximum Gasteiger partial charge on any atom is 0.276 e. The van der Waals surface area contributed by atoms with Crippen molar-refractivity contribution >= 4 is 15.7 Å². The summed E-state index contributed by atoms with van der Waals surface area (Å²) < 4.78 is 42.2. The Morgan fingerprint density at radius 2 is 1.47 bits per heavy atom. The van der Waals surface area contributed by atoms with E-state index in [2.05, 4.69) is 9.93 Å². The predicted octanol–water partition coefficient (Wildman–Crippen LogP) is 4.72. The Hall–Kier alpha value is -3.52. The van der Waals surface area contributed by atoms with Gasteiger partial charge in [-0.3, -0.25) is 0 Å². The van der Waals surface area contributed by atoms with Gasteiger partial charge in [-0.15, -0.1) is 0 Å². The van der Waals surface area contributed by atoms with Gasteiger partial charge in [-0.25, -0.2) is 0 Å². The highest BCUT2D eigenvalue weighted by atomic mass is 32.2. The van der Waals surface area contributed by atoms with Crippen molar-refractivity contribution in [1.29, 1.82) is 0 Å². The molecule has 8 heteroatoms. The maximum absolute atomic E-state index is 12.8. The summed E-state index contributed by atoms with van der Waals surface area (Å²) >= 11 is 0. The molecule has 3 aromatic rings. The number of hydrogen-bond acceptors (Lipinski definition) is 6. The van der Waals surface area contributed by atoms with Gasteiger partial charge in [0.05, 0.1) is 30.9 Å². The van der Waals surface area contributed by atoms with Gasteiger partial charge in [0.25, 0.3) is 10.0 Å². The fourth-order valence-electron chi connectivity index (χ4n) is 3.22. The first-order chi connectivity index (χ1) is 16.2. The van der Waals surface area contributed by atoms with Crippen molar-refractivity contribution in [3.05, 3.63) is 83.4 Å². The van der Waals surface area contributed by atoms with Crippen molar-refractivity contribution in [3.8, 4) is 17.2 Å². The molecular weight excluding hydrogens is 452 g/mol. The molecule has 7 nitrogen and oxygen atoms in total. The Morgan fingerprint density at radius 1 is 0.882 bits per heavy atom. The third-order valence-electron chi connectivity index (χ3n) is 4.98. The van der Waals surface area contributed by atoms with E-state index in [0.29, 0.717) is 29.2 Å². The number of ether oxygens (including phenoxy) is 3. The molecule has 0 saturated carbocycles. The van der Waals surface area contributed by atoms with Crippen molar-refractivity contribution < 1.29 is 22.6 Å². The number of nitrogens with one attached hydrogen (secondary N) is 1. The molecule has 1 N–H and O–H groups in total. The van der Waals surface area contributed by atoms with Crippen LogP contribution in [0.2, 0.25) is 0 Å². The van der Waals surface area contributed by atoms with E-state index in [1.807, 2.05) is 45.0 Å². The summed E-state index contributed by atoms with van der Waals surface area (Å²) in [6.07, 6.45) is 0.442. The van der Waals surface area contributed by atoms with Crippen LogP contribution < -0.4 is 19.0 Å². The smallest absolute Gasteiger partial charge is 0.276 e. The van der Waals surface area contributed by atoms with E-state index in [9.17, 15) is 8.42 Å². The minimum atomic E-state index is -3.84. The van der Waals surface area contributed by atoms with E-state index in [-0.39, 0.29) is 11.0 Å². The molecule has 3 rings (SSSR count). The molecule has 0 unspecified atom stereocenters. The minimum absolute atomic E-state index is 0.0726. The zero-order valence-electron chi connectivity index (χ0n) is 20.0. The molecule has 0 amide bonds. The fraction of sp³-hybridized carbons (Fsp3) is 0.269. The van der Waals surface area contributed by atoms with Crippen LogP contribution in [0, 0.1) is 6.92 Å². The molecule has 0 aliphatic carbocycles. The number of sulfonamides is 1. The van der Waals surface area contributed by atoms with Gasteiger partial charge in [0.2, 0.25) is 0 Å². The van der Waals surface area contributed by atoms with Gasteiger partial charge in [-0.05, 0) is 62.7 Å². The minimum Gasteiger partial charge on any atom is -0.497 e. The first-order valence-electron chi connectivity index (χ1n) is 10.8. The molecule has 0 spiro atoms. The maximum atomic E-state index is 12.8. The van der Waals surface area contributed by atoms with Gasteiger partial charge in [0.15, 0.2) is 0 Å². The SMILES string of the molecule is COc1cc(OC)cc(/C(Cc2ccc(OC(C)C)cc2)=N\NS(=O)(=O)c2ccc(C)cc2)c1. The van der Waals surface area contributed by atoms with E-state index in [1.165, 1.54) is 0 Å². The fourth-order valence-corrected chi connectivity index (χ4v) is 4.05. The second kappa shape index (κ2) is 11.1. The van der Waals surface area contributed by atoms with Crippen LogP contribution in [0.15, 0.2) is 76.7 Å². The lowest BCUT2D eigenvalue weighted by Gasteiger charge is -2.13. The lowest BCUT2D eigenvalue weighted by molar-refractivity contribution is 0.242. The summed E-state index contributed by atoms with van der Waals surface area (Å²) in [5.41, 5.74) is 3.08. The van der Waals surface area contributed by atoms with Gasteiger partial charge in [-0.1, -0.05) is 29.8 Å². The third-order valence-corrected chi connectivity index (χ3v) is 6.21. The summed E-state index contributed by atoms with van der Waals surface area (Å²) in [5, 5.41) is 4.32. The Morgan fingerprint density at radius 3 is 2.00 bits per heavy atom. The number of rotatable bonds is 10. The van der Waals surface area contributed by atoms with Crippen molar-refractivity contribution in [2.75, 3.05) is 14.2 Å². The molecule has 0 radical (unpaired) electrons. The quantitative estimate of drug-likeness (QED) is 0.334. The van der Waals surface area contributed by atoms with Crippen LogP contribution in [0.3, 0.4) is 0 Å². The molecule has 0 bridgehead atoms. The molecular formula is C26H30N2O5S. The molecule has 0 heterocycles. The molecule has 0 aliphatic rings. The number of hydrogen-bond donors (Lipinski definition) is 1. The highest BCUT2D eigenvalue weighted by Gasteiger charge is 2.15. The summed E-state index contributed by atoms with van der Waals surface area (Å²) in [4.78, 5) is 2.52. The molecule has 0 fully saturated rings. The first-order valence-corrected chi connectivity index (χ1v) is 12.3. The third kappa shape index (κ3) is 6.74. The molecule has 0 aliphatic heterocycles. The Kier molecular flexibility index (Phi) is 8.17. The second-order valence-corrected chi connectivity index (χ2v) is 9.72. The van der Waals surface area contributed by atoms with Crippen LogP contribution in [-0.2, 0) is 16.4 Å². The lowest BCUT2D eigenvalue weighted by Crippen LogP contribution is -2.21. The standard InChI is InChI=1S/C26H30N2O5S/c1-18(2)33-22-10-8-20(9-11-22)14-26(21-15-23(31-4)17-24(16-21)32-5)27-28-34(29,30)25-12-6-19(3)7-13-25/h6-13,15-18,28H,14H2,1-5H3/b27-26-. The normalized spacial score (nSPS) is 11.9. The Bertz CT molecular complexity index is 1210. The first kappa shape index (κ1) is 25.1. The number of aryl methyl sites for hydroxylation is 1. The molecule has 0 saturated heterocycles. The lowest BCUT2D eigenvalue weighted by atomic mass is 10.0. The zero-order chi connectivity index (χ0) is 24.7. The average Bonchev–Trinajstić information content (AvgIpc) is 2.82. The van der Waals surface area contributed by atoms with Crippen LogP contribution in [0.5, 0.6) is 17.2 Å². The molecule has 0 aromatic heterocycles. The van der Waals surface area contributed by atoms with Crippen molar-refractivity contribution in [1.82, 2.24) is 4.83 Å². The predicted molar refractivity (Wildman–Crippen MR) is 133 cm³/mol. The summed E-state index contributed by atoms with van der Waals surface area (Å²) in [6.45, 7) is 5.83. The van der Waals surface area contributed by atoms with Gasteiger partial charge < -0.3 is 14.2 Å². The van der Waals surface area contributed by atoms with Gasteiger partial charge in [0.1, 0.15) is 17.2 Å². The zero-order valence-corrected chi connectivity index (χ0v) is 20.8. The van der Waals surface area contributed by atoms with E-state index in [1.54, 1.807) is 56.7 Å². The van der Waals surface area contributed by atoms with Gasteiger partial charge in [0, 0.05) is 18.1 Å². The molecule has 3 aromatic carbocycles. The van der Waals surface area contributed by atoms with Crippen molar-refractivity contribution in [2.24, 2.45) is 5.10 Å². The van der Waals surface area contributed by atoms with Crippen LogP contribution in [-0.4, -0.2) is 34.5 Å². The highest BCUT2D eigenvalue weighted by molar-refractivity contribution is 7.89. The van der Waals surface area contributed by atoms with Crippen LogP contribution in [0.25, 0.3) is 0 Å². The summed E-state index contributed by atoms with van der Waals surface area (Å²) in [6, 6.07) is 19.5. The number of nitrogens with zero attached hydrogens (tertiary/aromatic N) is 1. The van der Waals surface area contributed by atoms with Crippen LogP contribution >= 0.6 is 0 Å². The molecule has 34 heavy (non-hydrogen) atoms. The van der Waals surface area contributed by atoms with Crippen molar-refractivity contribution in [2.45, 2.75) is 38.2 Å². The van der Waals surface area contributed by atoms with Crippen molar-refractivity contribution in [3.63, 3.8) is 0 Å². The van der Waals surface area contributed by atoms with E-state index in [0.717, 1.165) is 16.9 Å². The molecule has 0 atom stereocenters. The molecule has 180 valence electrons. The van der Waals surface area contributed by atoms with Gasteiger partial charge >= 0.3 is 0 Å². The average molecular weight is 483 g/mol. The van der Waals surface area contributed by atoms with E-state index in [4.69, 9.17) is 14.2 Å². The number of hydrazone groups is 1. The summed E-state index contributed by atoms with van der Waals surface area (Å²) in [5.74, 6) is 1.91. The van der Waals surface area contributed by atoms with Gasteiger partial charge in [-0.2, -0.15) is 18.4 Å².